The van der Waals surface area contributed by atoms with E-state index in [4.69, 9.17) is 0 Å². The van der Waals surface area contributed by atoms with Crippen molar-refractivity contribution in [3.05, 3.63) is 22.3 Å². The largest absolute Gasteiger partial charge is 0.419 e. The Morgan fingerprint density at radius 1 is 1.39 bits per heavy atom. The second-order valence-electron chi connectivity index (χ2n) is 4.56. The van der Waals surface area contributed by atoms with Gasteiger partial charge in [-0.05, 0) is 34.3 Å². The van der Waals surface area contributed by atoms with Crippen molar-refractivity contribution < 1.29 is 13.2 Å². The number of hydrogen-bond acceptors (Lipinski definition) is 2. The van der Waals surface area contributed by atoms with Crippen LogP contribution in [-0.2, 0) is 6.18 Å². The fraction of sp³-hybridized carbons (Fsp3) is 0.583. The predicted octanol–water partition coefficient (Wildman–Crippen LogP) is 4.47. The zero-order valence-corrected chi connectivity index (χ0v) is 11.3. The quantitative estimate of drug-likeness (QED) is 0.884. The molecule has 0 saturated heterocycles. The Kier molecular flexibility index (Phi) is 4.14. The molecule has 0 unspecified atom stereocenters. The van der Waals surface area contributed by atoms with Crippen LogP contribution in [0, 0.1) is 5.92 Å². The minimum Gasteiger partial charge on any atom is -0.370 e. The first-order valence-electron chi connectivity index (χ1n) is 5.93. The van der Waals surface area contributed by atoms with Crippen molar-refractivity contribution in [3.8, 4) is 0 Å². The van der Waals surface area contributed by atoms with Crippen molar-refractivity contribution in [2.45, 2.75) is 31.9 Å². The van der Waals surface area contributed by atoms with Crippen LogP contribution in [0.3, 0.4) is 0 Å². The molecule has 0 bridgehead atoms. The van der Waals surface area contributed by atoms with E-state index in [2.05, 4.69) is 26.2 Å². The summed E-state index contributed by atoms with van der Waals surface area (Å²) in [6, 6.07) is 1.05. The molecule has 0 amide bonds. The molecule has 1 saturated carbocycles. The summed E-state index contributed by atoms with van der Waals surface area (Å²) in [5.74, 6) is 0.590. The van der Waals surface area contributed by atoms with E-state index in [0.717, 1.165) is 12.5 Å². The van der Waals surface area contributed by atoms with E-state index < -0.39 is 11.7 Å². The Morgan fingerprint density at radius 3 is 2.67 bits per heavy atom. The first kappa shape index (κ1) is 13.6. The maximum Gasteiger partial charge on any atom is 0.419 e. The molecule has 1 heterocycles. The third-order valence-electron chi connectivity index (χ3n) is 3.23. The lowest BCUT2D eigenvalue weighted by Crippen LogP contribution is -2.18. The highest BCUT2D eigenvalue weighted by molar-refractivity contribution is 9.10. The highest BCUT2D eigenvalue weighted by Crippen LogP contribution is 2.35. The number of rotatable bonds is 4. The predicted molar refractivity (Wildman–Crippen MR) is 67.4 cm³/mol. The highest BCUT2D eigenvalue weighted by atomic mass is 79.9. The Balaban J connectivity index is 2.01. The van der Waals surface area contributed by atoms with E-state index >= 15 is 0 Å². The summed E-state index contributed by atoms with van der Waals surface area (Å²) in [4.78, 5) is 3.81. The molecule has 1 aliphatic carbocycles. The molecule has 6 heteroatoms. The minimum atomic E-state index is -4.38. The van der Waals surface area contributed by atoms with Crippen LogP contribution in [0.4, 0.5) is 19.0 Å². The zero-order chi connectivity index (χ0) is 13.2. The highest BCUT2D eigenvalue weighted by Gasteiger charge is 2.34. The SMILES string of the molecule is FC(F)(F)c1cc(Br)cnc1NCCC1CCC1. The maximum atomic E-state index is 12.8. The molecule has 0 atom stereocenters. The number of aromatic nitrogens is 1. The molecule has 1 fully saturated rings. The van der Waals surface area contributed by atoms with Gasteiger partial charge in [-0.25, -0.2) is 4.98 Å². The molecular weight excluding hydrogens is 309 g/mol. The summed E-state index contributed by atoms with van der Waals surface area (Å²) >= 11 is 3.01. The molecule has 2 nitrogen and oxygen atoms in total. The fourth-order valence-electron chi connectivity index (χ4n) is 1.97. The number of pyridine rings is 1. The van der Waals surface area contributed by atoms with Crippen LogP contribution in [0.5, 0.6) is 0 Å². The molecule has 18 heavy (non-hydrogen) atoms. The average molecular weight is 323 g/mol. The topological polar surface area (TPSA) is 24.9 Å². The molecule has 100 valence electrons. The van der Waals surface area contributed by atoms with Gasteiger partial charge in [0.25, 0.3) is 0 Å². The summed E-state index contributed by atoms with van der Waals surface area (Å²) in [5.41, 5.74) is -0.717. The third kappa shape index (κ3) is 3.37. The third-order valence-corrected chi connectivity index (χ3v) is 3.66. The first-order chi connectivity index (χ1) is 8.47. The summed E-state index contributed by atoms with van der Waals surface area (Å²) in [6.45, 7) is 0.544. The second kappa shape index (κ2) is 5.47. The number of nitrogens with zero attached hydrogens (tertiary/aromatic N) is 1. The summed E-state index contributed by atoms with van der Waals surface area (Å²) < 4.78 is 38.7. The van der Waals surface area contributed by atoms with Crippen molar-refractivity contribution in [1.82, 2.24) is 4.98 Å². The van der Waals surface area contributed by atoms with Gasteiger partial charge in [-0.3, -0.25) is 0 Å². The van der Waals surface area contributed by atoms with Gasteiger partial charge < -0.3 is 5.32 Å². The van der Waals surface area contributed by atoms with Crippen LogP contribution in [0.25, 0.3) is 0 Å². The molecule has 0 aliphatic heterocycles. The van der Waals surface area contributed by atoms with Crippen LogP contribution in [-0.4, -0.2) is 11.5 Å². The number of alkyl halides is 3. The maximum absolute atomic E-state index is 12.8. The summed E-state index contributed by atoms with van der Waals surface area (Å²) in [7, 11) is 0. The summed E-state index contributed by atoms with van der Waals surface area (Å²) in [5, 5.41) is 2.79. The smallest absolute Gasteiger partial charge is 0.370 e. The monoisotopic (exact) mass is 322 g/mol. The Labute approximate surface area is 112 Å². The van der Waals surface area contributed by atoms with Gasteiger partial charge in [-0.1, -0.05) is 19.3 Å². The lowest BCUT2D eigenvalue weighted by molar-refractivity contribution is -0.137. The van der Waals surface area contributed by atoms with Crippen molar-refractivity contribution in [2.75, 3.05) is 11.9 Å². The number of nitrogens with one attached hydrogen (secondary N) is 1. The lowest BCUT2D eigenvalue weighted by atomic mass is 9.83. The lowest BCUT2D eigenvalue weighted by Gasteiger charge is -2.25. The molecule has 2 rings (SSSR count). The molecule has 1 aromatic rings. The Morgan fingerprint density at radius 2 is 2.11 bits per heavy atom. The van der Waals surface area contributed by atoms with Gasteiger partial charge in [-0.2, -0.15) is 13.2 Å². The van der Waals surface area contributed by atoms with Gasteiger partial charge in [0.15, 0.2) is 0 Å². The van der Waals surface area contributed by atoms with Crippen LogP contribution in [0.1, 0.15) is 31.2 Å². The van der Waals surface area contributed by atoms with Gasteiger partial charge >= 0.3 is 6.18 Å². The van der Waals surface area contributed by atoms with Gasteiger partial charge in [0.1, 0.15) is 5.82 Å². The zero-order valence-electron chi connectivity index (χ0n) is 9.73. The van der Waals surface area contributed by atoms with Crippen molar-refractivity contribution >= 4 is 21.7 Å². The van der Waals surface area contributed by atoms with E-state index in [1.165, 1.54) is 25.5 Å². The number of hydrogen-bond donors (Lipinski definition) is 1. The van der Waals surface area contributed by atoms with Gasteiger partial charge in [0.2, 0.25) is 0 Å². The van der Waals surface area contributed by atoms with Crippen molar-refractivity contribution in [1.29, 1.82) is 0 Å². The van der Waals surface area contributed by atoms with Crippen LogP contribution >= 0.6 is 15.9 Å². The molecule has 0 spiro atoms. The van der Waals surface area contributed by atoms with E-state index in [-0.39, 0.29) is 5.82 Å². The number of anilines is 1. The minimum absolute atomic E-state index is 0.0787. The van der Waals surface area contributed by atoms with E-state index in [9.17, 15) is 13.2 Å². The van der Waals surface area contributed by atoms with E-state index in [0.29, 0.717) is 16.9 Å². The second-order valence-corrected chi connectivity index (χ2v) is 5.48. The van der Waals surface area contributed by atoms with Crippen molar-refractivity contribution in [3.63, 3.8) is 0 Å². The molecular formula is C12H14BrF3N2. The van der Waals surface area contributed by atoms with E-state index in [1.807, 2.05) is 0 Å². The molecule has 1 N–H and O–H groups in total. The van der Waals surface area contributed by atoms with Crippen LogP contribution in [0.2, 0.25) is 0 Å². The molecule has 0 radical (unpaired) electrons. The van der Waals surface area contributed by atoms with Crippen molar-refractivity contribution in [2.24, 2.45) is 5.92 Å². The van der Waals surface area contributed by atoms with E-state index in [1.54, 1.807) is 0 Å². The standard InChI is InChI=1S/C12H14BrF3N2/c13-9-6-10(12(14,15)16)11(18-7-9)17-5-4-8-2-1-3-8/h6-8H,1-5H2,(H,17,18). The van der Waals surface area contributed by atoms with Gasteiger partial charge in [0, 0.05) is 17.2 Å². The molecule has 1 aliphatic rings. The molecule has 0 aromatic carbocycles. The van der Waals surface area contributed by atoms with Crippen LogP contribution in [0.15, 0.2) is 16.7 Å². The van der Waals surface area contributed by atoms with Gasteiger partial charge in [0.05, 0.1) is 5.56 Å². The van der Waals surface area contributed by atoms with Gasteiger partial charge in [-0.15, -0.1) is 0 Å². The molecule has 1 aromatic heterocycles. The van der Waals surface area contributed by atoms with Crippen LogP contribution < -0.4 is 5.32 Å². The fourth-order valence-corrected chi connectivity index (χ4v) is 2.30. The Bertz CT molecular complexity index is 416. The number of halogens is 4. The normalized spacial score (nSPS) is 16.4. The average Bonchev–Trinajstić information content (AvgIpc) is 2.22. The first-order valence-corrected chi connectivity index (χ1v) is 6.73. The summed E-state index contributed by atoms with van der Waals surface area (Å²) in [6.07, 6.45) is 1.55. The Hall–Kier alpha value is -0.780.